The summed E-state index contributed by atoms with van der Waals surface area (Å²) in [4.78, 5) is 23.4. The van der Waals surface area contributed by atoms with Crippen molar-refractivity contribution in [1.82, 2.24) is 5.32 Å². The number of thioether (sulfide) groups is 1. The average Bonchev–Trinajstić information content (AvgIpc) is 3.17. The van der Waals surface area contributed by atoms with Crippen LogP contribution in [0.1, 0.15) is 45.6 Å². The Morgan fingerprint density at radius 3 is 2.41 bits per heavy atom. The zero-order chi connectivity index (χ0) is 25.1. The van der Waals surface area contributed by atoms with Gasteiger partial charge >= 0.3 is 12.1 Å². The molecule has 0 fully saturated rings. The predicted molar refractivity (Wildman–Crippen MR) is 126 cm³/mol. The molecule has 3 unspecified atom stereocenters. The van der Waals surface area contributed by atoms with E-state index in [0.29, 0.717) is 17.1 Å². The molecule has 1 aromatic rings. The van der Waals surface area contributed by atoms with Crippen LogP contribution in [-0.4, -0.2) is 40.6 Å². The standard InChI is InChI=1S/C25H28F3NO4S/c1-16(24(3)14-10-20(34-24)22(32)29-15-11-21(30)31)33-19-6-4-17(5-7-19)23(2)12-8-18(9-13-23)25(26,27)28/h4-10,12,16H,11,13-15H2,1-3H3,(H,29,32)(H,30,31). The molecule has 5 nitrogen and oxygen atoms in total. The Bertz CT molecular complexity index is 1030. The summed E-state index contributed by atoms with van der Waals surface area (Å²) >= 11 is 1.40. The fourth-order valence-electron chi connectivity index (χ4n) is 3.79. The number of benzene rings is 1. The van der Waals surface area contributed by atoms with Crippen LogP contribution in [-0.2, 0) is 15.0 Å². The van der Waals surface area contributed by atoms with Crippen LogP contribution in [0.15, 0.2) is 59.0 Å². The van der Waals surface area contributed by atoms with Gasteiger partial charge in [0.1, 0.15) is 11.9 Å². The first-order chi connectivity index (χ1) is 15.8. The number of carboxylic acids is 1. The average molecular weight is 496 g/mol. The lowest BCUT2D eigenvalue weighted by molar-refractivity contribution is -0.136. The lowest BCUT2D eigenvalue weighted by Crippen LogP contribution is -2.36. The topological polar surface area (TPSA) is 75.6 Å². The molecular weight excluding hydrogens is 467 g/mol. The Hall–Kier alpha value is -2.68. The quantitative estimate of drug-likeness (QED) is 0.496. The SMILES string of the molecule is CC(Oc1ccc(C2(C)C=CC(C(F)(F)F)=CC2)cc1)C1(C)CC=C(C(=O)NCCC(=O)O)S1. The van der Waals surface area contributed by atoms with Crippen molar-refractivity contribution >= 4 is 23.6 Å². The number of hydrogen-bond acceptors (Lipinski definition) is 4. The van der Waals surface area contributed by atoms with Crippen molar-refractivity contribution in [3.8, 4) is 5.75 Å². The van der Waals surface area contributed by atoms with Gasteiger partial charge in [-0.25, -0.2) is 0 Å². The summed E-state index contributed by atoms with van der Waals surface area (Å²) in [6.45, 7) is 5.90. The van der Waals surface area contributed by atoms with E-state index in [4.69, 9.17) is 9.84 Å². The minimum absolute atomic E-state index is 0.0720. The number of carboxylic acid groups (broad SMARTS) is 1. The van der Waals surface area contributed by atoms with E-state index in [0.717, 1.165) is 11.6 Å². The van der Waals surface area contributed by atoms with Gasteiger partial charge in [0.15, 0.2) is 0 Å². The third kappa shape index (κ3) is 6.05. The fourth-order valence-corrected chi connectivity index (χ4v) is 5.00. The molecule has 0 saturated carbocycles. The number of ether oxygens (including phenoxy) is 1. The molecule has 2 N–H and O–H groups in total. The molecule has 1 heterocycles. The van der Waals surface area contributed by atoms with E-state index in [2.05, 4.69) is 5.32 Å². The van der Waals surface area contributed by atoms with Crippen LogP contribution in [0, 0.1) is 0 Å². The van der Waals surface area contributed by atoms with Crippen molar-refractivity contribution in [2.45, 2.75) is 62.5 Å². The number of allylic oxidation sites excluding steroid dienone is 5. The van der Waals surface area contributed by atoms with Gasteiger partial charge in [0.25, 0.3) is 5.91 Å². The fraction of sp³-hybridized carbons (Fsp3) is 0.440. The van der Waals surface area contributed by atoms with Crippen LogP contribution in [0.25, 0.3) is 0 Å². The number of amides is 1. The number of rotatable bonds is 8. The molecule has 0 saturated heterocycles. The highest BCUT2D eigenvalue weighted by molar-refractivity contribution is 8.05. The van der Waals surface area contributed by atoms with E-state index in [1.807, 2.05) is 51.1 Å². The molecule has 3 atom stereocenters. The molecule has 1 aliphatic carbocycles. The van der Waals surface area contributed by atoms with E-state index in [9.17, 15) is 22.8 Å². The number of alkyl halides is 3. The van der Waals surface area contributed by atoms with Crippen molar-refractivity contribution in [2.75, 3.05) is 6.54 Å². The minimum Gasteiger partial charge on any atom is -0.489 e. The first kappa shape index (κ1) is 25.9. The summed E-state index contributed by atoms with van der Waals surface area (Å²) in [5.41, 5.74) is -0.256. The highest BCUT2D eigenvalue weighted by atomic mass is 32.2. The number of nitrogens with one attached hydrogen (secondary N) is 1. The molecule has 9 heteroatoms. The molecule has 184 valence electrons. The molecular formula is C25H28F3NO4S. The molecule has 1 amide bonds. The summed E-state index contributed by atoms with van der Waals surface area (Å²) in [6, 6.07) is 7.35. The van der Waals surface area contributed by atoms with Gasteiger partial charge in [0.05, 0.1) is 21.6 Å². The highest BCUT2D eigenvalue weighted by Crippen LogP contribution is 2.45. The summed E-state index contributed by atoms with van der Waals surface area (Å²) in [6.07, 6.45) is 1.96. The smallest absolute Gasteiger partial charge is 0.416 e. The van der Waals surface area contributed by atoms with Gasteiger partial charge in [-0.1, -0.05) is 43.4 Å². The zero-order valence-corrected chi connectivity index (χ0v) is 20.1. The summed E-state index contributed by atoms with van der Waals surface area (Å²) in [7, 11) is 0. The number of aliphatic carboxylic acids is 1. The lowest BCUT2D eigenvalue weighted by atomic mass is 9.76. The van der Waals surface area contributed by atoms with E-state index in [-0.39, 0.29) is 36.1 Å². The van der Waals surface area contributed by atoms with Gasteiger partial charge in [-0.2, -0.15) is 13.2 Å². The maximum atomic E-state index is 12.9. The van der Waals surface area contributed by atoms with Crippen molar-refractivity contribution in [1.29, 1.82) is 0 Å². The zero-order valence-electron chi connectivity index (χ0n) is 19.2. The van der Waals surface area contributed by atoms with Crippen LogP contribution in [0.4, 0.5) is 13.2 Å². The third-order valence-electron chi connectivity index (χ3n) is 6.27. The van der Waals surface area contributed by atoms with Gasteiger partial charge in [-0.15, -0.1) is 11.8 Å². The molecule has 34 heavy (non-hydrogen) atoms. The van der Waals surface area contributed by atoms with Crippen molar-refractivity contribution in [3.05, 3.63) is 64.6 Å². The Kier molecular flexibility index (Phi) is 7.55. The van der Waals surface area contributed by atoms with E-state index in [1.54, 1.807) is 6.08 Å². The van der Waals surface area contributed by atoms with Crippen LogP contribution in [0.3, 0.4) is 0 Å². The molecule has 1 aliphatic heterocycles. The monoisotopic (exact) mass is 495 g/mol. The summed E-state index contributed by atoms with van der Waals surface area (Å²) < 4.78 is 44.4. The summed E-state index contributed by atoms with van der Waals surface area (Å²) in [5.74, 6) is -0.627. The minimum atomic E-state index is -4.34. The van der Waals surface area contributed by atoms with Crippen LogP contribution in [0.2, 0.25) is 0 Å². The number of carbonyl (C=O) groups excluding carboxylic acids is 1. The lowest BCUT2D eigenvalue weighted by Gasteiger charge is -2.32. The first-order valence-corrected chi connectivity index (χ1v) is 11.8. The van der Waals surface area contributed by atoms with E-state index in [1.165, 1.54) is 17.8 Å². The molecule has 3 rings (SSSR count). The number of carbonyl (C=O) groups is 2. The Morgan fingerprint density at radius 1 is 1.18 bits per heavy atom. The van der Waals surface area contributed by atoms with Gasteiger partial charge in [0.2, 0.25) is 0 Å². The van der Waals surface area contributed by atoms with Gasteiger partial charge < -0.3 is 15.2 Å². The van der Waals surface area contributed by atoms with E-state index < -0.39 is 23.1 Å². The Morgan fingerprint density at radius 2 is 1.85 bits per heavy atom. The second-order valence-electron chi connectivity index (χ2n) is 8.98. The third-order valence-corrected chi connectivity index (χ3v) is 7.81. The Labute approximate surface area is 201 Å². The van der Waals surface area contributed by atoms with Gasteiger partial charge in [-0.05, 0) is 44.4 Å². The molecule has 0 spiro atoms. The van der Waals surface area contributed by atoms with Crippen LogP contribution >= 0.6 is 11.8 Å². The van der Waals surface area contributed by atoms with Crippen molar-refractivity contribution in [3.63, 3.8) is 0 Å². The van der Waals surface area contributed by atoms with E-state index >= 15 is 0 Å². The van der Waals surface area contributed by atoms with Crippen LogP contribution in [0.5, 0.6) is 5.75 Å². The maximum Gasteiger partial charge on any atom is 0.416 e. The van der Waals surface area contributed by atoms with Gasteiger partial charge in [0, 0.05) is 12.0 Å². The van der Waals surface area contributed by atoms with Gasteiger partial charge in [-0.3, -0.25) is 9.59 Å². The first-order valence-electron chi connectivity index (χ1n) is 11.0. The number of hydrogen-bond donors (Lipinski definition) is 2. The normalized spacial score (nSPS) is 25.4. The number of halogens is 3. The van der Waals surface area contributed by atoms with Crippen LogP contribution < -0.4 is 10.1 Å². The Balaban J connectivity index is 1.58. The largest absolute Gasteiger partial charge is 0.489 e. The second kappa shape index (κ2) is 9.90. The van der Waals surface area contributed by atoms with Crippen molar-refractivity contribution in [2.24, 2.45) is 0 Å². The maximum absolute atomic E-state index is 12.9. The molecule has 0 aromatic heterocycles. The second-order valence-corrected chi connectivity index (χ2v) is 10.6. The predicted octanol–water partition coefficient (Wildman–Crippen LogP) is 5.53. The van der Waals surface area contributed by atoms with Crippen molar-refractivity contribution < 1.29 is 32.6 Å². The molecule has 0 radical (unpaired) electrons. The molecule has 1 aromatic carbocycles. The molecule has 0 bridgehead atoms. The summed E-state index contributed by atoms with van der Waals surface area (Å²) in [5, 5.41) is 11.3. The highest BCUT2D eigenvalue weighted by Gasteiger charge is 2.40. The molecule has 2 aliphatic rings.